The Kier molecular flexibility index (Phi) is 9.27. The Morgan fingerprint density at radius 2 is 1.25 bits per heavy atom. The maximum absolute atomic E-state index is 11.3. The fraction of sp³-hybridized carbons (Fsp3) is 1.00. The van der Waals surface area contributed by atoms with Gasteiger partial charge in [-0.1, -0.05) is 39.5 Å². The molecule has 0 aromatic carbocycles. The van der Waals surface area contributed by atoms with E-state index >= 15 is 0 Å². The molecule has 0 aliphatic rings. The molecule has 0 spiro atoms. The molecule has 2 heteroatoms. The molecule has 0 aliphatic heterocycles. The number of hydrogen-bond donors (Lipinski definition) is 0. The van der Waals surface area contributed by atoms with E-state index in [0.717, 1.165) is 25.2 Å². The lowest BCUT2D eigenvalue weighted by atomic mass is 10.3. The highest BCUT2D eigenvalue weighted by Gasteiger charge is 1.98. The van der Waals surface area contributed by atoms with Gasteiger partial charge in [-0.25, -0.2) is 0 Å². The summed E-state index contributed by atoms with van der Waals surface area (Å²) in [7, 11) is -0.854. The van der Waals surface area contributed by atoms with Crippen LogP contribution in [-0.4, -0.2) is 12.3 Å². The monoisotopic (exact) mass is 189 g/mol. The summed E-state index contributed by atoms with van der Waals surface area (Å²) in [6.45, 7) is 4.37. The van der Waals surface area contributed by atoms with Crippen molar-refractivity contribution >= 4 is 7.80 Å². The summed E-state index contributed by atoms with van der Waals surface area (Å²) in [5.74, 6) is 0. The first-order valence-corrected chi connectivity index (χ1v) is 6.86. The lowest BCUT2D eigenvalue weighted by molar-refractivity contribution is 0.582. The van der Waals surface area contributed by atoms with Crippen LogP contribution in [-0.2, 0) is 4.57 Å². The second-order valence-electron chi connectivity index (χ2n) is 3.34. The molecule has 0 aromatic rings. The van der Waals surface area contributed by atoms with Crippen LogP contribution in [0.3, 0.4) is 0 Å². The summed E-state index contributed by atoms with van der Waals surface area (Å²) in [4.78, 5) is 0. The van der Waals surface area contributed by atoms with Crippen LogP contribution >= 0.6 is 7.80 Å². The van der Waals surface area contributed by atoms with Gasteiger partial charge in [-0.3, -0.25) is 4.57 Å². The SMILES string of the molecule is CCCCC[P](=O)CCCCC. The van der Waals surface area contributed by atoms with Crippen molar-refractivity contribution in [2.24, 2.45) is 0 Å². The summed E-state index contributed by atoms with van der Waals surface area (Å²) in [6, 6.07) is 0. The highest BCUT2D eigenvalue weighted by atomic mass is 31.1. The van der Waals surface area contributed by atoms with Crippen molar-refractivity contribution in [1.29, 1.82) is 0 Å². The smallest absolute Gasteiger partial charge is 0.0718 e. The van der Waals surface area contributed by atoms with E-state index in [1.54, 1.807) is 0 Å². The van der Waals surface area contributed by atoms with E-state index in [0.29, 0.717) is 0 Å². The van der Waals surface area contributed by atoms with Gasteiger partial charge in [0.05, 0.1) is 7.80 Å². The third kappa shape index (κ3) is 8.20. The minimum Gasteiger partial charge on any atom is -0.287 e. The summed E-state index contributed by atoms with van der Waals surface area (Å²) in [5.41, 5.74) is 0. The first-order valence-electron chi connectivity index (χ1n) is 5.23. The van der Waals surface area contributed by atoms with Gasteiger partial charge < -0.3 is 0 Å². The maximum Gasteiger partial charge on any atom is 0.0718 e. The molecular formula is C10H22OP. The molecule has 73 valence electrons. The summed E-state index contributed by atoms with van der Waals surface area (Å²) in [6.07, 6.45) is 9.22. The standard InChI is InChI=1S/C10H22OP/c1-3-5-7-9-12(11)10-8-6-4-2/h3-10H2,1-2H3. The summed E-state index contributed by atoms with van der Waals surface area (Å²) in [5, 5.41) is 0. The Morgan fingerprint density at radius 3 is 1.58 bits per heavy atom. The maximum atomic E-state index is 11.3. The molecule has 0 saturated carbocycles. The molecule has 0 amide bonds. The van der Waals surface area contributed by atoms with Crippen LogP contribution in [0.4, 0.5) is 0 Å². The van der Waals surface area contributed by atoms with Gasteiger partial charge in [0.15, 0.2) is 0 Å². The van der Waals surface area contributed by atoms with Crippen LogP contribution < -0.4 is 0 Å². The van der Waals surface area contributed by atoms with Crippen LogP contribution in [0.5, 0.6) is 0 Å². The first-order chi connectivity index (χ1) is 5.81. The highest BCUT2D eigenvalue weighted by molar-refractivity contribution is 7.44. The molecule has 0 bridgehead atoms. The average molecular weight is 189 g/mol. The van der Waals surface area contributed by atoms with Crippen molar-refractivity contribution in [2.45, 2.75) is 52.4 Å². The van der Waals surface area contributed by atoms with Gasteiger partial charge in [0, 0.05) is 12.3 Å². The van der Waals surface area contributed by atoms with Gasteiger partial charge in [-0.2, -0.15) is 0 Å². The van der Waals surface area contributed by atoms with Gasteiger partial charge in [0.25, 0.3) is 0 Å². The molecule has 0 fully saturated rings. The van der Waals surface area contributed by atoms with Gasteiger partial charge in [-0.15, -0.1) is 0 Å². The highest BCUT2D eigenvalue weighted by Crippen LogP contribution is 2.24. The van der Waals surface area contributed by atoms with Crippen LogP contribution in [0.2, 0.25) is 0 Å². The molecule has 1 radical (unpaired) electrons. The van der Waals surface area contributed by atoms with Gasteiger partial charge in [0.2, 0.25) is 0 Å². The molecule has 0 rings (SSSR count). The van der Waals surface area contributed by atoms with Crippen LogP contribution in [0.1, 0.15) is 52.4 Å². The Bertz CT molecular complexity index is 100. The summed E-state index contributed by atoms with van der Waals surface area (Å²) < 4.78 is 11.3. The zero-order chi connectivity index (χ0) is 9.23. The molecule has 0 N–H and O–H groups in total. The largest absolute Gasteiger partial charge is 0.287 e. The number of hydrogen-bond acceptors (Lipinski definition) is 1. The minimum atomic E-state index is -0.854. The fourth-order valence-electron chi connectivity index (χ4n) is 1.19. The zero-order valence-corrected chi connectivity index (χ0v) is 9.41. The third-order valence-electron chi connectivity index (χ3n) is 2.02. The Morgan fingerprint density at radius 1 is 0.833 bits per heavy atom. The van der Waals surface area contributed by atoms with E-state index in [-0.39, 0.29) is 0 Å². The van der Waals surface area contributed by atoms with Crippen LogP contribution in [0.25, 0.3) is 0 Å². The van der Waals surface area contributed by atoms with E-state index < -0.39 is 7.80 Å². The van der Waals surface area contributed by atoms with Crippen molar-refractivity contribution in [1.82, 2.24) is 0 Å². The van der Waals surface area contributed by atoms with Gasteiger partial charge in [0.1, 0.15) is 0 Å². The summed E-state index contributed by atoms with van der Waals surface area (Å²) >= 11 is 0. The van der Waals surface area contributed by atoms with Gasteiger partial charge in [-0.05, 0) is 12.8 Å². The van der Waals surface area contributed by atoms with Crippen molar-refractivity contribution in [3.8, 4) is 0 Å². The molecule has 0 saturated heterocycles. The molecule has 1 nitrogen and oxygen atoms in total. The number of rotatable bonds is 8. The van der Waals surface area contributed by atoms with E-state index in [9.17, 15) is 4.57 Å². The van der Waals surface area contributed by atoms with Crippen molar-refractivity contribution in [3.63, 3.8) is 0 Å². The van der Waals surface area contributed by atoms with Crippen molar-refractivity contribution in [3.05, 3.63) is 0 Å². The minimum absolute atomic E-state index is 0.854. The lowest BCUT2D eigenvalue weighted by Gasteiger charge is -1.99. The molecule has 0 atom stereocenters. The van der Waals surface area contributed by atoms with Crippen molar-refractivity contribution in [2.75, 3.05) is 12.3 Å². The normalized spacial score (nSPS) is 10.2. The predicted octanol–water partition coefficient (Wildman–Crippen LogP) is 4.19. The second-order valence-corrected chi connectivity index (χ2v) is 5.20. The molecule has 0 aliphatic carbocycles. The quantitative estimate of drug-likeness (QED) is 0.413. The third-order valence-corrected chi connectivity index (χ3v) is 3.65. The van der Waals surface area contributed by atoms with E-state index in [4.69, 9.17) is 0 Å². The van der Waals surface area contributed by atoms with Crippen LogP contribution in [0, 0.1) is 0 Å². The lowest BCUT2D eigenvalue weighted by Crippen LogP contribution is -1.84. The zero-order valence-electron chi connectivity index (χ0n) is 8.51. The van der Waals surface area contributed by atoms with E-state index in [2.05, 4.69) is 13.8 Å². The average Bonchev–Trinajstić information content (AvgIpc) is 2.06. The van der Waals surface area contributed by atoms with Crippen molar-refractivity contribution < 1.29 is 4.57 Å². The van der Waals surface area contributed by atoms with E-state index in [1.165, 1.54) is 25.7 Å². The molecule has 0 heterocycles. The Hall–Kier alpha value is 0.100. The van der Waals surface area contributed by atoms with Gasteiger partial charge >= 0.3 is 0 Å². The predicted molar refractivity (Wildman–Crippen MR) is 56.4 cm³/mol. The topological polar surface area (TPSA) is 17.1 Å². The van der Waals surface area contributed by atoms with Crippen LogP contribution in [0.15, 0.2) is 0 Å². The Labute approximate surface area is 77.7 Å². The van der Waals surface area contributed by atoms with E-state index in [1.807, 2.05) is 0 Å². The Balaban J connectivity index is 3.10. The molecule has 0 unspecified atom stereocenters. The fourth-order valence-corrected chi connectivity index (χ4v) is 2.56. The first kappa shape index (κ1) is 12.1. The molecule has 12 heavy (non-hydrogen) atoms. The second kappa shape index (κ2) is 9.19. The molecule has 0 aromatic heterocycles. The molecular weight excluding hydrogens is 167 g/mol. The number of unbranched alkanes of at least 4 members (excludes halogenated alkanes) is 4.